The van der Waals surface area contributed by atoms with Gasteiger partial charge in [-0.15, -0.1) is 0 Å². The number of nitrogens with zero attached hydrogens (tertiary/aromatic N) is 1. The second kappa shape index (κ2) is 5.62. The molecule has 0 amide bonds. The van der Waals surface area contributed by atoms with Crippen LogP contribution in [0.2, 0.25) is 0 Å². The first-order valence-corrected chi connectivity index (χ1v) is 7.70. The predicted molar refractivity (Wildman–Crippen MR) is 81.3 cm³/mol. The first kappa shape index (κ1) is 14.5. The van der Waals surface area contributed by atoms with Gasteiger partial charge in [0.15, 0.2) is 0 Å². The fourth-order valence-corrected chi connectivity index (χ4v) is 3.67. The Kier molecular flexibility index (Phi) is 4.29. The lowest BCUT2D eigenvalue weighted by atomic mass is 9.48. The largest absolute Gasteiger partial charge is 0.314 e. The fourth-order valence-electron chi connectivity index (χ4n) is 3.67. The third kappa shape index (κ3) is 2.84. The van der Waals surface area contributed by atoms with E-state index in [1.807, 2.05) is 12.4 Å². The third-order valence-electron chi connectivity index (χ3n) is 5.07. The molecule has 2 rings (SSSR count). The van der Waals surface area contributed by atoms with Crippen LogP contribution in [0.1, 0.15) is 58.9 Å². The molecule has 1 aliphatic carbocycles. The van der Waals surface area contributed by atoms with E-state index >= 15 is 0 Å². The Morgan fingerprint density at radius 3 is 2.21 bits per heavy atom. The summed E-state index contributed by atoms with van der Waals surface area (Å²) in [6.07, 6.45) is 9.11. The molecule has 1 aromatic heterocycles. The van der Waals surface area contributed by atoms with Crippen LogP contribution >= 0.6 is 0 Å². The van der Waals surface area contributed by atoms with Gasteiger partial charge >= 0.3 is 0 Å². The SMILES string of the molecule is CCC1(CC)CC(CNC(C)C)(c2ccncc2)C1. The van der Waals surface area contributed by atoms with Crippen LogP contribution in [-0.2, 0) is 5.41 Å². The molecule has 0 radical (unpaired) electrons. The average Bonchev–Trinajstić information content (AvgIpc) is 2.39. The monoisotopic (exact) mass is 260 g/mol. The molecule has 0 saturated heterocycles. The van der Waals surface area contributed by atoms with E-state index in [4.69, 9.17) is 0 Å². The van der Waals surface area contributed by atoms with E-state index in [9.17, 15) is 0 Å². The minimum atomic E-state index is 0.333. The second-order valence-corrected chi connectivity index (χ2v) is 6.61. The Bertz CT molecular complexity index is 385. The Balaban J connectivity index is 2.18. The molecule has 1 heterocycles. The number of hydrogen-bond acceptors (Lipinski definition) is 2. The summed E-state index contributed by atoms with van der Waals surface area (Å²) in [5.74, 6) is 0. The van der Waals surface area contributed by atoms with Gasteiger partial charge in [-0.2, -0.15) is 0 Å². The summed E-state index contributed by atoms with van der Waals surface area (Å²) in [5.41, 5.74) is 2.37. The fraction of sp³-hybridized carbons (Fsp3) is 0.706. The zero-order valence-corrected chi connectivity index (χ0v) is 12.9. The van der Waals surface area contributed by atoms with Crippen molar-refractivity contribution >= 4 is 0 Å². The summed E-state index contributed by atoms with van der Waals surface area (Å²) in [6.45, 7) is 10.2. The van der Waals surface area contributed by atoms with E-state index in [2.05, 4.69) is 50.1 Å². The molecule has 0 spiro atoms. The lowest BCUT2D eigenvalue weighted by Crippen LogP contribution is -2.55. The molecule has 0 unspecified atom stereocenters. The standard InChI is InChI=1S/C17H28N2/c1-5-16(6-2)11-17(12-16,13-19-14(3)4)15-7-9-18-10-8-15/h7-10,14,19H,5-6,11-13H2,1-4H3. The second-order valence-electron chi connectivity index (χ2n) is 6.61. The molecule has 1 aliphatic rings. The normalized spacial score (nSPS) is 20.3. The van der Waals surface area contributed by atoms with Gasteiger partial charge in [-0.1, -0.05) is 40.5 Å². The lowest BCUT2D eigenvalue weighted by molar-refractivity contribution is 0.0118. The van der Waals surface area contributed by atoms with E-state index in [-0.39, 0.29) is 0 Å². The van der Waals surface area contributed by atoms with Crippen molar-refractivity contribution in [1.29, 1.82) is 0 Å². The first-order chi connectivity index (χ1) is 9.06. The molecule has 1 aromatic rings. The highest BCUT2D eigenvalue weighted by Crippen LogP contribution is 2.58. The van der Waals surface area contributed by atoms with Crippen LogP contribution < -0.4 is 5.32 Å². The highest BCUT2D eigenvalue weighted by atomic mass is 14.9. The van der Waals surface area contributed by atoms with Gasteiger partial charge < -0.3 is 5.32 Å². The highest BCUT2D eigenvalue weighted by Gasteiger charge is 2.52. The molecule has 19 heavy (non-hydrogen) atoms. The molecule has 0 atom stereocenters. The molecule has 1 fully saturated rings. The molecule has 0 aliphatic heterocycles. The maximum Gasteiger partial charge on any atom is 0.0270 e. The first-order valence-electron chi connectivity index (χ1n) is 7.70. The van der Waals surface area contributed by atoms with Gasteiger partial charge in [0, 0.05) is 30.4 Å². The van der Waals surface area contributed by atoms with Crippen LogP contribution in [0.3, 0.4) is 0 Å². The number of hydrogen-bond donors (Lipinski definition) is 1. The van der Waals surface area contributed by atoms with Gasteiger partial charge in [-0.05, 0) is 36.0 Å². The summed E-state index contributed by atoms with van der Waals surface area (Å²) >= 11 is 0. The number of aromatic nitrogens is 1. The molecule has 0 aromatic carbocycles. The molecule has 2 nitrogen and oxygen atoms in total. The van der Waals surface area contributed by atoms with Crippen molar-refractivity contribution in [2.75, 3.05) is 6.54 Å². The number of rotatable bonds is 6. The zero-order chi connectivity index (χ0) is 13.9. The van der Waals surface area contributed by atoms with Crippen LogP contribution in [0.15, 0.2) is 24.5 Å². The van der Waals surface area contributed by atoms with Gasteiger partial charge in [-0.3, -0.25) is 4.98 Å². The Labute approximate surface area is 118 Å². The molecule has 1 saturated carbocycles. The van der Waals surface area contributed by atoms with Crippen molar-refractivity contribution in [3.05, 3.63) is 30.1 Å². The minimum Gasteiger partial charge on any atom is -0.314 e. The summed E-state index contributed by atoms with van der Waals surface area (Å²) in [5, 5.41) is 3.65. The molecule has 1 N–H and O–H groups in total. The minimum absolute atomic E-state index is 0.333. The highest BCUT2D eigenvalue weighted by molar-refractivity contribution is 5.29. The van der Waals surface area contributed by atoms with Crippen molar-refractivity contribution in [3.8, 4) is 0 Å². The predicted octanol–water partition coefficient (Wildman–Crippen LogP) is 3.92. The van der Waals surface area contributed by atoms with Crippen molar-refractivity contribution in [1.82, 2.24) is 10.3 Å². The molecule has 106 valence electrons. The quantitative estimate of drug-likeness (QED) is 0.838. The van der Waals surface area contributed by atoms with Crippen molar-refractivity contribution in [2.45, 2.75) is 64.8 Å². The molecule has 2 heteroatoms. The summed E-state index contributed by atoms with van der Waals surface area (Å²) < 4.78 is 0. The Morgan fingerprint density at radius 1 is 1.16 bits per heavy atom. The van der Waals surface area contributed by atoms with Crippen LogP contribution in [0, 0.1) is 5.41 Å². The lowest BCUT2D eigenvalue weighted by Gasteiger charge is -2.57. The van der Waals surface area contributed by atoms with E-state index in [0.29, 0.717) is 16.9 Å². The number of pyridine rings is 1. The molecule has 0 bridgehead atoms. The average molecular weight is 260 g/mol. The Morgan fingerprint density at radius 2 is 1.74 bits per heavy atom. The van der Waals surface area contributed by atoms with Crippen molar-refractivity contribution < 1.29 is 0 Å². The topological polar surface area (TPSA) is 24.9 Å². The van der Waals surface area contributed by atoms with E-state index < -0.39 is 0 Å². The molecular weight excluding hydrogens is 232 g/mol. The van der Waals surface area contributed by atoms with Gasteiger partial charge in [0.2, 0.25) is 0 Å². The van der Waals surface area contributed by atoms with Gasteiger partial charge in [0.25, 0.3) is 0 Å². The van der Waals surface area contributed by atoms with Crippen LogP contribution in [-0.4, -0.2) is 17.6 Å². The summed E-state index contributed by atoms with van der Waals surface area (Å²) in [4.78, 5) is 4.17. The Hall–Kier alpha value is -0.890. The van der Waals surface area contributed by atoms with Crippen LogP contribution in [0.25, 0.3) is 0 Å². The summed E-state index contributed by atoms with van der Waals surface area (Å²) in [7, 11) is 0. The number of nitrogens with one attached hydrogen (secondary N) is 1. The smallest absolute Gasteiger partial charge is 0.0270 e. The van der Waals surface area contributed by atoms with Gasteiger partial charge in [0.05, 0.1) is 0 Å². The maximum atomic E-state index is 4.17. The molecular formula is C17H28N2. The van der Waals surface area contributed by atoms with Crippen molar-refractivity contribution in [3.63, 3.8) is 0 Å². The zero-order valence-electron chi connectivity index (χ0n) is 12.9. The van der Waals surface area contributed by atoms with Gasteiger partial charge in [0.1, 0.15) is 0 Å². The van der Waals surface area contributed by atoms with Gasteiger partial charge in [-0.25, -0.2) is 0 Å². The van der Waals surface area contributed by atoms with Crippen molar-refractivity contribution in [2.24, 2.45) is 5.41 Å². The van der Waals surface area contributed by atoms with E-state index in [1.54, 1.807) is 0 Å². The van der Waals surface area contributed by atoms with Crippen LogP contribution in [0.5, 0.6) is 0 Å². The van der Waals surface area contributed by atoms with Crippen LogP contribution in [0.4, 0.5) is 0 Å². The van der Waals surface area contributed by atoms with E-state index in [1.165, 1.54) is 31.2 Å². The summed E-state index contributed by atoms with van der Waals surface area (Å²) in [6, 6.07) is 4.96. The maximum absolute atomic E-state index is 4.17. The van der Waals surface area contributed by atoms with E-state index in [0.717, 1.165) is 6.54 Å². The third-order valence-corrected chi connectivity index (χ3v) is 5.07.